The fraction of sp³-hybridized carbons (Fsp3) is 0.143. The third-order valence-electron chi connectivity index (χ3n) is 3.72. The number of carbonyl (C=O) groups excluding carboxylic acids is 1. The van der Waals surface area contributed by atoms with E-state index in [-0.39, 0.29) is 31.6 Å². The minimum Gasteiger partial charge on any atom is -0.512 e. The van der Waals surface area contributed by atoms with E-state index in [9.17, 15) is 4.79 Å². The number of hydrogen-bond acceptors (Lipinski definition) is 4. The van der Waals surface area contributed by atoms with Crippen LogP contribution < -0.4 is 4.74 Å². The number of aliphatic hydroxyl groups is 1. The van der Waals surface area contributed by atoms with Gasteiger partial charge < -0.3 is 14.8 Å². The van der Waals surface area contributed by atoms with Crippen LogP contribution in [0, 0.1) is 6.07 Å². The first-order chi connectivity index (χ1) is 12.1. The van der Waals surface area contributed by atoms with Gasteiger partial charge in [0.25, 0.3) is 0 Å². The van der Waals surface area contributed by atoms with Crippen molar-refractivity contribution in [3.05, 3.63) is 72.1 Å². The Kier molecular flexibility index (Phi) is 6.67. The molecule has 1 aliphatic heterocycles. The van der Waals surface area contributed by atoms with Crippen molar-refractivity contribution in [2.24, 2.45) is 0 Å². The Bertz CT molecular complexity index is 962. The molecule has 0 atom stereocenters. The summed E-state index contributed by atoms with van der Waals surface area (Å²) >= 11 is 0. The average Bonchev–Trinajstić information content (AvgIpc) is 2.60. The fourth-order valence-corrected chi connectivity index (χ4v) is 2.72. The molecule has 1 aliphatic rings. The van der Waals surface area contributed by atoms with E-state index in [4.69, 9.17) is 9.84 Å². The van der Waals surface area contributed by atoms with Crippen LogP contribution in [0.15, 0.2) is 60.5 Å². The summed E-state index contributed by atoms with van der Waals surface area (Å²) in [4.78, 5) is 14.6. The molecule has 4 nitrogen and oxygen atoms in total. The number of aromatic nitrogens is 1. The Hall–Kier alpha value is -2.49. The zero-order chi connectivity index (χ0) is 17.8. The molecule has 2 aromatic carbocycles. The molecule has 0 bridgehead atoms. The van der Waals surface area contributed by atoms with Gasteiger partial charge in [0.05, 0.1) is 12.4 Å². The van der Waals surface area contributed by atoms with Crippen molar-refractivity contribution in [2.75, 3.05) is 0 Å². The molecule has 1 aromatic heterocycles. The van der Waals surface area contributed by atoms with Gasteiger partial charge in [0, 0.05) is 48.8 Å². The molecule has 0 amide bonds. The number of carbonyl (C=O) groups is 1. The summed E-state index contributed by atoms with van der Waals surface area (Å²) in [5.74, 6) is 0.815. The van der Waals surface area contributed by atoms with Crippen molar-refractivity contribution >= 4 is 16.6 Å². The standard InChI is InChI=1S/C16H10NO.C5H8O2.Ir/c1-4-8-14-11(5-1)9-17-15-13-7-3-2-6-12(13)10-18-16(14)15;1-4(6)3-5(2)7;/h1-6,8-9H,10H2;3,6H,1-2H3;/q-1;;/b;4-3-;. The number of benzene rings is 2. The largest absolute Gasteiger partial charge is 0.512 e. The Morgan fingerprint density at radius 1 is 1.23 bits per heavy atom. The Balaban J connectivity index is 0.000000265. The molecular weight excluding hydrogens is 506 g/mol. The summed E-state index contributed by atoms with van der Waals surface area (Å²) in [5.41, 5.74) is 3.10. The van der Waals surface area contributed by atoms with E-state index in [0.717, 1.165) is 33.3 Å². The molecule has 0 spiro atoms. The van der Waals surface area contributed by atoms with Gasteiger partial charge in [-0.2, -0.15) is 0 Å². The molecule has 0 unspecified atom stereocenters. The smallest absolute Gasteiger partial charge is 0.155 e. The van der Waals surface area contributed by atoms with Crippen molar-refractivity contribution in [1.82, 2.24) is 4.98 Å². The number of nitrogens with zero attached hydrogens (tertiary/aromatic N) is 1. The number of hydrogen-bond donors (Lipinski definition) is 1. The summed E-state index contributed by atoms with van der Waals surface area (Å²) in [6.45, 7) is 3.44. The van der Waals surface area contributed by atoms with E-state index in [0.29, 0.717) is 6.61 Å². The van der Waals surface area contributed by atoms with E-state index in [1.165, 1.54) is 19.9 Å². The average molecular weight is 525 g/mol. The maximum absolute atomic E-state index is 10.0. The van der Waals surface area contributed by atoms with Crippen molar-refractivity contribution in [1.29, 1.82) is 0 Å². The maximum Gasteiger partial charge on any atom is 0.155 e. The Morgan fingerprint density at radius 2 is 2.00 bits per heavy atom. The van der Waals surface area contributed by atoms with Gasteiger partial charge in [-0.15, -0.1) is 29.8 Å². The SMILES string of the molecule is CC(=O)/C=C(/C)O.[Ir].[c-]1cccc2c1-c1ncc3ccccc3c1OC2. The van der Waals surface area contributed by atoms with Crippen LogP contribution >= 0.6 is 0 Å². The summed E-state index contributed by atoms with van der Waals surface area (Å²) in [6, 6.07) is 17.4. The predicted molar refractivity (Wildman–Crippen MR) is 97.4 cm³/mol. The second-order valence-electron chi connectivity index (χ2n) is 5.78. The second kappa shape index (κ2) is 8.74. The third-order valence-corrected chi connectivity index (χ3v) is 3.72. The summed E-state index contributed by atoms with van der Waals surface area (Å²) in [5, 5.41) is 10.6. The molecular formula is C21H18IrNO3-. The molecule has 0 fully saturated rings. The number of allylic oxidation sites excluding steroid dienone is 2. The maximum atomic E-state index is 10.0. The van der Waals surface area contributed by atoms with Crippen LogP contribution in [0.25, 0.3) is 22.0 Å². The fourth-order valence-electron chi connectivity index (χ4n) is 2.72. The van der Waals surface area contributed by atoms with E-state index in [2.05, 4.69) is 29.2 Å². The first-order valence-corrected chi connectivity index (χ1v) is 7.94. The van der Waals surface area contributed by atoms with E-state index >= 15 is 0 Å². The molecule has 4 rings (SSSR count). The number of rotatable bonds is 1. The molecule has 0 saturated heterocycles. The van der Waals surface area contributed by atoms with Crippen LogP contribution in [0.1, 0.15) is 19.4 Å². The van der Waals surface area contributed by atoms with Crippen molar-refractivity contribution in [3.63, 3.8) is 0 Å². The van der Waals surface area contributed by atoms with Crippen LogP contribution in [0.3, 0.4) is 0 Å². The Morgan fingerprint density at radius 3 is 2.69 bits per heavy atom. The number of pyridine rings is 1. The van der Waals surface area contributed by atoms with Crippen molar-refractivity contribution < 1.29 is 34.7 Å². The van der Waals surface area contributed by atoms with Crippen LogP contribution in [-0.4, -0.2) is 15.9 Å². The van der Waals surface area contributed by atoms with Crippen LogP contribution in [0.5, 0.6) is 5.75 Å². The van der Waals surface area contributed by atoms with Gasteiger partial charge in [-0.3, -0.25) is 4.79 Å². The van der Waals surface area contributed by atoms with E-state index < -0.39 is 0 Å². The first-order valence-electron chi connectivity index (χ1n) is 7.94. The monoisotopic (exact) mass is 525 g/mol. The molecule has 1 N–H and O–H groups in total. The van der Waals surface area contributed by atoms with Gasteiger partial charge in [-0.25, -0.2) is 0 Å². The normalized spacial score (nSPS) is 11.8. The molecule has 5 heteroatoms. The van der Waals surface area contributed by atoms with Gasteiger partial charge in [0.2, 0.25) is 0 Å². The van der Waals surface area contributed by atoms with Gasteiger partial charge >= 0.3 is 0 Å². The predicted octanol–water partition coefficient (Wildman–Crippen LogP) is 4.63. The van der Waals surface area contributed by atoms with Gasteiger partial charge in [-0.1, -0.05) is 29.8 Å². The van der Waals surface area contributed by atoms with Crippen LogP contribution in [0.2, 0.25) is 0 Å². The van der Waals surface area contributed by atoms with E-state index in [1.54, 1.807) is 0 Å². The molecule has 3 aromatic rings. The zero-order valence-electron chi connectivity index (χ0n) is 14.4. The minimum absolute atomic E-state index is 0. The quantitative estimate of drug-likeness (QED) is 0.287. The molecule has 26 heavy (non-hydrogen) atoms. The number of ketones is 1. The zero-order valence-corrected chi connectivity index (χ0v) is 16.8. The van der Waals surface area contributed by atoms with Crippen LogP contribution in [-0.2, 0) is 31.5 Å². The van der Waals surface area contributed by atoms with Crippen molar-refractivity contribution in [2.45, 2.75) is 20.5 Å². The number of aliphatic hydroxyl groups excluding tert-OH is 1. The summed E-state index contributed by atoms with van der Waals surface area (Å²) in [7, 11) is 0. The van der Waals surface area contributed by atoms with Gasteiger partial charge in [0.15, 0.2) is 5.78 Å². The Labute approximate surface area is 165 Å². The molecule has 2 heterocycles. The van der Waals surface area contributed by atoms with Crippen LogP contribution in [0.4, 0.5) is 0 Å². The van der Waals surface area contributed by atoms with Gasteiger partial charge in [0.1, 0.15) is 5.75 Å². The molecule has 135 valence electrons. The molecule has 0 aliphatic carbocycles. The summed E-state index contributed by atoms with van der Waals surface area (Å²) < 4.78 is 5.88. The second-order valence-corrected chi connectivity index (χ2v) is 5.78. The minimum atomic E-state index is -0.125. The first kappa shape index (κ1) is 19.8. The summed E-state index contributed by atoms with van der Waals surface area (Å²) in [6.07, 6.45) is 3.06. The number of ether oxygens (including phenoxy) is 1. The topological polar surface area (TPSA) is 59.4 Å². The van der Waals surface area contributed by atoms with Gasteiger partial charge in [-0.05, 0) is 13.8 Å². The third kappa shape index (κ3) is 4.37. The molecule has 0 saturated carbocycles. The molecule has 1 radical (unpaired) electrons. The van der Waals surface area contributed by atoms with E-state index in [1.807, 2.05) is 30.5 Å². The number of fused-ring (bicyclic) bond motifs is 5. The van der Waals surface area contributed by atoms with Crippen molar-refractivity contribution in [3.8, 4) is 17.0 Å².